The number of aryl methyl sites for hydroxylation is 1. The molecule has 0 bridgehead atoms. The van der Waals surface area contributed by atoms with Crippen LogP contribution in [-0.4, -0.2) is 12.0 Å². The summed E-state index contributed by atoms with van der Waals surface area (Å²) in [7, 11) is 1.59. The number of benzene rings is 2. The smallest absolute Gasteiger partial charge is 0.272 e. The van der Waals surface area contributed by atoms with Crippen LogP contribution in [0.5, 0.6) is 5.75 Å². The number of nitro benzene ring substituents is 1. The molecule has 110 valence electrons. The van der Waals surface area contributed by atoms with Gasteiger partial charge >= 0.3 is 0 Å². The van der Waals surface area contributed by atoms with Crippen LogP contribution in [0.25, 0.3) is 0 Å². The highest BCUT2D eigenvalue weighted by atomic mass is 19.1. The Balaban J connectivity index is 2.14. The van der Waals surface area contributed by atoms with Crippen LogP contribution >= 0.6 is 0 Å². The average Bonchev–Trinajstić information content (AvgIpc) is 2.45. The highest BCUT2D eigenvalue weighted by molar-refractivity contribution is 5.54. The van der Waals surface area contributed by atoms with Crippen molar-refractivity contribution in [3.63, 3.8) is 0 Å². The zero-order valence-corrected chi connectivity index (χ0v) is 11.7. The summed E-state index contributed by atoms with van der Waals surface area (Å²) in [6.45, 7) is 2.21. The second-order valence-corrected chi connectivity index (χ2v) is 4.61. The van der Waals surface area contributed by atoms with Crippen molar-refractivity contribution in [2.75, 3.05) is 12.4 Å². The lowest BCUT2D eigenvalue weighted by Gasteiger charge is -2.11. The zero-order valence-electron chi connectivity index (χ0n) is 11.7. The maximum atomic E-state index is 13.3. The Morgan fingerprint density at radius 1 is 1.29 bits per heavy atom. The van der Waals surface area contributed by atoms with Crippen molar-refractivity contribution in [2.45, 2.75) is 13.5 Å². The van der Waals surface area contributed by atoms with Gasteiger partial charge in [0.2, 0.25) is 0 Å². The zero-order chi connectivity index (χ0) is 15.4. The maximum Gasteiger partial charge on any atom is 0.272 e. The van der Waals surface area contributed by atoms with Gasteiger partial charge in [0.15, 0.2) is 0 Å². The Morgan fingerprint density at radius 3 is 2.67 bits per heavy atom. The topological polar surface area (TPSA) is 64.4 Å². The molecular formula is C15H15FN2O3. The summed E-state index contributed by atoms with van der Waals surface area (Å²) in [6.07, 6.45) is 0. The lowest BCUT2D eigenvalue weighted by Crippen LogP contribution is -2.02. The second kappa shape index (κ2) is 6.21. The number of nitrogens with one attached hydrogen (secondary N) is 1. The van der Waals surface area contributed by atoms with Gasteiger partial charge in [-0.1, -0.05) is 0 Å². The predicted octanol–water partition coefficient (Wildman–Crippen LogP) is 3.66. The molecule has 0 aliphatic carbocycles. The van der Waals surface area contributed by atoms with Crippen molar-refractivity contribution >= 4 is 11.4 Å². The lowest BCUT2D eigenvalue weighted by molar-refractivity contribution is -0.385. The van der Waals surface area contributed by atoms with E-state index in [-0.39, 0.29) is 5.69 Å². The van der Waals surface area contributed by atoms with E-state index in [1.165, 1.54) is 12.1 Å². The van der Waals surface area contributed by atoms with Gasteiger partial charge in [-0.15, -0.1) is 0 Å². The molecule has 0 amide bonds. The third-order valence-corrected chi connectivity index (χ3v) is 3.07. The molecule has 0 atom stereocenters. The van der Waals surface area contributed by atoms with E-state index in [1.54, 1.807) is 7.11 Å². The highest BCUT2D eigenvalue weighted by Gasteiger charge is 2.10. The van der Waals surface area contributed by atoms with Gasteiger partial charge in [-0.25, -0.2) is 4.39 Å². The molecule has 0 aliphatic heterocycles. The van der Waals surface area contributed by atoms with Crippen LogP contribution in [0.15, 0.2) is 36.4 Å². The van der Waals surface area contributed by atoms with Crippen LogP contribution < -0.4 is 10.1 Å². The summed E-state index contributed by atoms with van der Waals surface area (Å²) in [5.74, 6) is 0.131. The molecule has 1 N–H and O–H groups in total. The largest absolute Gasteiger partial charge is 0.497 e. The van der Waals surface area contributed by atoms with Crippen LogP contribution in [0.4, 0.5) is 15.8 Å². The number of nitro groups is 1. The molecule has 6 heteroatoms. The van der Waals surface area contributed by atoms with E-state index in [0.29, 0.717) is 12.1 Å². The van der Waals surface area contributed by atoms with Gasteiger partial charge in [-0.3, -0.25) is 10.1 Å². The van der Waals surface area contributed by atoms with Crippen molar-refractivity contribution in [1.82, 2.24) is 0 Å². The molecule has 0 spiro atoms. The van der Waals surface area contributed by atoms with Gasteiger partial charge in [-0.05, 0) is 42.3 Å². The molecule has 0 fully saturated rings. The fourth-order valence-corrected chi connectivity index (χ4v) is 2.00. The lowest BCUT2D eigenvalue weighted by atomic mass is 10.1. The van der Waals surface area contributed by atoms with Crippen molar-refractivity contribution in [1.29, 1.82) is 0 Å². The summed E-state index contributed by atoms with van der Waals surface area (Å²) in [6, 6.07) is 9.07. The van der Waals surface area contributed by atoms with Crippen molar-refractivity contribution < 1.29 is 14.1 Å². The first-order chi connectivity index (χ1) is 9.99. The van der Waals surface area contributed by atoms with E-state index in [2.05, 4.69) is 5.32 Å². The van der Waals surface area contributed by atoms with Gasteiger partial charge in [0, 0.05) is 18.3 Å². The number of methoxy groups -OCH3 is 1. The summed E-state index contributed by atoms with van der Waals surface area (Å²) in [4.78, 5) is 10.1. The summed E-state index contributed by atoms with van der Waals surface area (Å²) < 4.78 is 18.5. The fourth-order valence-electron chi connectivity index (χ4n) is 2.00. The summed E-state index contributed by atoms with van der Waals surface area (Å²) >= 11 is 0. The van der Waals surface area contributed by atoms with Crippen LogP contribution in [0, 0.1) is 22.9 Å². The van der Waals surface area contributed by atoms with Crippen LogP contribution in [0.2, 0.25) is 0 Å². The minimum atomic E-state index is -0.618. The van der Waals surface area contributed by atoms with E-state index in [4.69, 9.17) is 4.74 Å². The highest BCUT2D eigenvalue weighted by Crippen LogP contribution is 2.22. The van der Waals surface area contributed by atoms with Gasteiger partial charge in [0.1, 0.15) is 11.6 Å². The molecule has 5 nitrogen and oxygen atoms in total. The summed E-state index contributed by atoms with van der Waals surface area (Å²) in [5, 5.41) is 13.8. The predicted molar refractivity (Wildman–Crippen MR) is 78.1 cm³/mol. The molecule has 2 aromatic rings. The van der Waals surface area contributed by atoms with Gasteiger partial charge in [-0.2, -0.15) is 0 Å². The van der Waals surface area contributed by atoms with Gasteiger partial charge in [0.05, 0.1) is 18.1 Å². The normalized spacial score (nSPS) is 10.2. The maximum absolute atomic E-state index is 13.3. The molecular weight excluding hydrogens is 275 g/mol. The third-order valence-electron chi connectivity index (χ3n) is 3.07. The van der Waals surface area contributed by atoms with E-state index in [9.17, 15) is 14.5 Å². The molecule has 0 unspecified atom stereocenters. The first-order valence-electron chi connectivity index (χ1n) is 6.32. The molecule has 0 saturated heterocycles. The minimum Gasteiger partial charge on any atom is -0.497 e. The van der Waals surface area contributed by atoms with Crippen molar-refractivity contribution in [2.24, 2.45) is 0 Å². The number of nitrogens with zero attached hydrogens (tertiary/aromatic N) is 1. The second-order valence-electron chi connectivity index (χ2n) is 4.61. The minimum absolute atomic E-state index is 0.252. The molecule has 2 aromatic carbocycles. The third kappa shape index (κ3) is 3.68. The van der Waals surface area contributed by atoms with Crippen molar-refractivity contribution in [3.8, 4) is 5.75 Å². The van der Waals surface area contributed by atoms with E-state index in [0.717, 1.165) is 23.1 Å². The number of non-ortho nitro benzene ring substituents is 1. The van der Waals surface area contributed by atoms with Crippen LogP contribution in [0.1, 0.15) is 11.1 Å². The molecule has 0 aromatic heterocycles. The van der Waals surface area contributed by atoms with Crippen molar-refractivity contribution in [3.05, 3.63) is 63.5 Å². The fraction of sp³-hybridized carbons (Fsp3) is 0.200. The van der Waals surface area contributed by atoms with Gasteiger partial charge < -0.3 is 10.1 Å². The van der Waals surface area contributed by atoms with Crippen LogP contribution in [-0.2, 0) is 6.54 Å². The number of halogens is 1. The molecule has 0 heterocycles. The first kappa shape index (κ1) is 14.8. The number of ether oxygens (including phenoxy) is 1. The van der Waals surface area contributed by atoms with Crippen LogP contribution in [0.3, 0.4) is 0 Å². The van der Waals surface area contributed by atoms with Gasteiger partial charge in [0.25, 0.3) is 5.69 Å². The Labute approximate surface area is 121 Å². The molecule has 0 radical (unpaired) electrons. The number of rotatable bonds is 5. The average molecular weight is 290 g/mol. The van der Waals surface area contributed by atoms with E-state index >= 15 is 0 Å². The Bertz CT molecular complexity index is 674. The van der Waals surface area contributed by atoms with E-state index in [1.807, 2.05) is 25.1 Å². The Kier molecular flexibility index (Phi) is 4.37. The standard InChI is InChI=1S/C15H15FN2O3/c1-10-5-14(21-2)3-4-15(10)17-9-11-6-12(16)8-13(7-11)18(19)20/h3-8,17H,9H2,1-2H3. The first-order valence-corrected chi connectivity index (χ1v) is 6.32. The van der Waals surface area contributed by atoms with E-state index < -0.39 is 10.7 Å². The molecule has 0 saturated carbocycles. The molecule has 0 aliphatic rings. The monoisotopic (exact) mass is 290 g/mol. The Morgan fingerprint density at radius 2 is 2.05 bits per heavy atom. The number of hydrogen-bond acceptors (Lipinski definition) is 4. The SMILES string of the molecule is COc1ccc(NCc2cc(F)cc([N+](=O)[O-])c2)c(C)c1. The number of anilines is 1. The Hall–Kier alpha value is -2.63. The molecule has 21 heavy (non-hydrogen) atoms. The number of hydrogen-bond donors (Lipinski definition) is 1. The summed E-state index contributed by atoms with van der Waals surface area (Å²) in [5.41, 5.74) is 2.10. The quantitative estimate of drug-likeness (QED) is 0.674. The molecule has 2 rings (SSSR count).